The van der Waals surface area contributed by atoms with Crippen LogP contribution in [-0.4, -0.2) is 0 Å². The van der Waals surface area contributed by atoms with E-state index in [2.05, 4.69) is 226 Å². The van der Waals surface area contributed by atoms with Gasteiger partial charge in [-0.3, -0.25) is 0 Å². The van der Waals surface area contributed by atoms with Crippen molar-refractivity contribution in [1.29, 1.82) is 0 Å². The first-order valence-corrected chi connectivity index (χ1v) is 18.9. The highest BCUT2D eigenvalue weighted by atomic mass is 15.1. The predicted octanol–water partition coefficient (Wildman–Crippen LogP) is 14.5. The summed E-state index contributed by atoms with van der Waals surface area (Å²) in [5, 5.41) is 0. The van der Waals surface area contributed by atoms with Gasteiger partial charge in [0.05, 0.1) is 5.69 Å². The maximum Gasteiger partial charge on any atom is 0.0540 e. The number of benzene rings is 7. The van der Waals surface area contributed by atoms with E-state index in [1.807, 2.05) is 6.08 Å². The van der Waals surface area contributed by atoms with Gasteiger partial charge in [-0.05, 0) is 93.7 Å². The molecule has 0 aliphatic heterocycles. The van der Waals surface area contributed by atoms with Gasteiger partial charge < -0.3 is 4.90 Å². The zero-order valence-electron chi connectivity index (χ0n) is 31.1. The number of anilines is 3. The summed E-state index contributed by atoms with van der Waals surface area (Å²) in [5.74, 6) is 0.425. The summed E-state index contributed by atoms with van der Waals surface area (Å²) in [6.07, 6.45) is 6.27. The first kappa shape index (κ1) is 34.6. The first-order valence-electron chi connectivity index (χ1n) is 18.9. The van der Waals surface area contributed by atoms with Crippen LogP contribution in [0.2, 0.25) is 0 Å². The summed E-state index contributed by atoms with van der Waals surface area (Å²) in [7, 11) is 0. The quantitative estimate of drug-likeness (QED) is 0.102. The Morgan fingerprint density at radius 2 is 1.07 bits per heavy atom. The molecule has 0 spiro atoms. The molecule has 7 aromatic carbocycles. The minimum atomic E-state index is -0.373. The third-order valence-electron chi connectivity index (χ3n) is 11.4. The molecule has 0 saturated carbocycles. The van der Waals surface area contributed by atoms with Crippen molar-refractivity contribution in [2.45, 2.75) is 25.2 Å². The second-order valence-electron chi connectivity index (χ2n) is 14.3. The molecule has 0 bridgehead atoms. The van der Waals surface area contributed by atoms with E-state index in [1.54, 1.807) is 0 Å². The molecule has 54 heavy (non-hydrogen) atoms. The molecule has 1 heteroatoms. The Labute approximate surface area is 320 Å². The van der Waals surface area contributed by atoms with E-state index in [4.69, 9.17) is 0 Å². The van der Waals surface area contributed by atoms with E-state index in [9.17, 15) is 0 Å². The van der Waals surface area contributed by atoms with Crippen LogP contribution in [0.5, 0.6) is 0 Å². The molecule has 1 aliphatic carbocycles. The Balaban J connectivity index is 1.40. The van der Waals surface area contributed by atoms with Crippen molar-refractivity contribution in [3.8, 4) is 33.4 Å². The van der Waals surface area contributed by atoms with E-state index in [0.717, 1.165) is 17.1 Å². The van der Waals surface area contributed by atoms with Gasteiger partial charge >= 0.3 is 0 Å². The van der Waals surface area contributed by atoms with Crippen LogP contribution in [0.25, 0.3) is 33.4 Å². The number of fused-ring (bicyclic) bond motifs is 1. The second-order valence-corrected chi connectivity index (χ2v) is 14.3. The monoisotopic (exact) mass is 695 g/mol. The Morgan fingerprint density at radius 1 is 0.556 bits per heavy atom. The molecular weight excluding hydrogens is 651 g/mol. The highest BCUT2D eigenvalue weighted by Crippen LogP contribution is 2.59. The van der Waals surface area contributed by atoms with Crippen LogP contribution in [0.3, 0.4) is 0 Å². The van der Waals surface area contributed by atoms with Gasteiger partial charge in [-0.1, -0.05) is 183 Å². The summed E-state index contributed by atoms with van der Waals surface area (Å²) >= 11 is 0. The van der Waals surface area contributed by atoms with Crippen LogP contribution in [-0.2, 0) is 5.41 Å². The summed E-state index contributed by atoms with van der Waals surface area (Å²) in [6.45, 7) is 13.2. The third-order valence-corrected chi connectivity index (χ3v) is 11.4. The molecule has 0 N–H and O–H groups in total. The Kier molecular flexibility index (Phi) is 9.55. The van der Waals surface area contributed by atoms with Gasteiger partial charge in [0.25, 0.3) is 0 Å². The molecular formula is C53H45N. The molecule has 0 aromatic heterocycles. The number of nitrogens with zero attached hydrogens (tertiary/aromatic N) is 1. The smallest absolute Gasteiger partial charge is 0.0540 e. The molecule has 262 valence electrons. The Bertz CT molecular complexity index is 2430. The molecule has 8 rings (SSSR count). The lowest BCUT2D eigenvalue weighted by Crippen LogP contribution is -2.34. The standard InChI is InChI=1S/C53H45N/c1-5-19-38(3)53(45-26-17-10-18-27-45)39(4)48(6-2)49-34-33-47(37-51(49)53)54(46-31-28-42(29-32-46)40-20-11-7-12-21-40)52-35-30-44(41-22-13-8-14-23-41)36-50(52)43-24-15-9-16-25-43/h5-37,39,48H,1-2H2,3-4H3/b38-19+. The average Bonchev–Trinajstić information content (AvgIpc) is 3.49. The van der Waals surface area contributed by atoms with E-state index in [0.29, 0.717) is 0 Å². The topological polar surface area (TPSA) is 3.24 Å². The summed E-state index contributed by atoms with van der Waals surface area (Å²) in [4.78, 5) is 2.44. The maximum absolute atomic E-state index is 4.37. The molecule has 0 saturated heterocycles. The van der Waals surface area contributed by atoms with Crippen LogP contribution >= 0.6 is 0 Å². The van der Waals surface area contributed by atoms with Crippen LogP contribution < -0.4 is 4.90 Å². The van der Waals surface area contributed by atoms with Crippen molar-refractivity contribution in [1.82, 2.24) is 0 Å². The number of allylic oxidation sites excluding steroid dienone is 4. The zero-order chi connectivity index (χ0) is 37.1. The van der Waals surface area contributed by atoms with Crippen molar-refractivity contribution < 1.29 is 0 Å². The average molecular weight is 696 g/mol. The minimum absolute atomic E-state index is 0.186. The van der Waals surface area contributed by atoms with Crippen molar-refractivity contribution in [3.63, 3.8) is 0 Å². The van der Waals surface area contributed by atoms with Gasteiger partial charge in [0.1, 0.15) is 0 Å². The van der Waals surface area contributed by atoms with E-state index < -0.39 is 0 Å². The van der Waals surface area contributed by atoms with Gasteiger partial charge in [-0.15, -0.1) is 6.58 Å². The molecule has 0 heterocycles. The Hall–Kier alpha value is -6.44. The molecule has 0 amide bonds. The molecule has 1 nitrogen and oxygen atoms in total. The number of hydrogen-bond acceptors (Lipinski definition) is 1. The molecule has 0 fully saturated rings. The summed E-state index contributed by atoms with van der Waals surface area (Å²) in [5.41, 5.74) is 15.2. The van der Waals surface area contributed by atoms with Crippen molar-refractivity contribution in [3.05, 3.63) is 236 Å². The normalized spacial score (nSPS) is 17.8. The Morgan fingerprint density at radius 3 is 1.67 bits per heavy atom. The van der Waals surface area contributed by atoms with Gasteiger partial charge in [0, 0.05) is 28.3 Å². The van der Waals surface area contributed by atoms with E-state index >= 15 is 0 Å². The van der Waals surface area contributed by atoms with Gasteiger partial charge in [0.15, 0.2) is 0 Å². The lowest BCUT2D eigenvalue weighted by molar-refractivity contribution is 0.407. The van der Waals surface area contributed by atoms with Crippen LogP contribution in [0.1, 0.15) is 36.5 Å². The fourth-order valence-electron chi connectivity index (χ4n) is 8.91. The largest absolute Gasteiger partial charge is 0.310 e. The zero-order valence-corrected chi connectivity index (χ0v) is 31.1. The summed E-state index contributed by atoms with van der Waals surface area (Å²) in [6, 6.07) is 66.1. The highest BCUT2D eigenvalue weighted by Gasteiger charge is 2.51. The van der Waals surface area contributed by atoms with Crippen molar-refractivity contribution >= 4 is 17.1 Å². The third kappa shape index (κ3) is 6.02. The SMILES string of the molecule is C=C/C=C(\C)C1(c2ccccc2)c2cc(N(c3ccc(-c4ccccc4)cc3)c3ccc(-c4ccccc4)cc3-c3ccccc3)ccc2C(C=C)C1C. The van der Waals surface area contributed by atoms with Crippen molar-refractivity contribution in [2.75, 3.05) is 4.90 Å². The predicted molar refractivity (Wildman–Crippen MR) is 231 cm³/mol. The minimum Gasteiger partial charge on any atom is -0.310 e. The van der Waals surface area contributed by atoms with Crippen LogP contribution in [0, 0.1) is 5.92 Å². The first-order chi connectivity index (χ1) is 26.5. The fourth-order valence-corrected chi connectivity index (χ4v) is 8.91. The van der Waals surface area contributed by atoms with Crippen LogP contribution in [0.4, 0.5) is 17.1 Å². The summed E-state index contributed by atoms with van der Waals surface area (Å²) < 4.78 is 0. The maximum atomic E-state index is 4.37. The second kappa shape index (κ2) is 14.9. The lowest BCUT2D eigenvalue weighted by atomic mass is 9.64. The number of rotatable bonds is 10. The van der Waals surface area contributed by atoms with Gasteiger partial charge in [0.2, 0.25) is 0 Å². The molecule has 3 atom stereocenters. The van der Waals surface area contributed by atoms with Gasteiger partial charge in [-0.2, -0.15) is 0 Å². The molecule has 1 aliphatic rings. The van der Waals surface area contributed by atoms with E-state index in [-0.39, 0.29) is 17.3 Å². The van der Waals surface area contributed by atoms with Gasteiger partial charge in [-0.25, -0.2) is 0 Å². The van der Waals surface area contributed by atoms with Crippen molar-refractivity contribution in [2.24, 2.45) is 5.92 Å². The van der Waals surface area contributed by atoms with Crippen LogP contribution in [0.15, 0.2) is 219 Å². The number of hydrogen-bond donors (Lipinski definition) is 0. The molecule has 3 unspecified atom stereocenters. The fraction of sp³-hybridized carbons (Fsp3) is 0.0943. The molecule has 0 radical (unpaired) electrons. The highest BCUT2D eigenvalue weighted by molar-refractivity contribution is 5.91. The molecule has 7 aromatic rings. The van der Waals surface area contributed by atoms with E-state index in [1.165, 1.54) is 55.6 Å². The lowest BCUT2D eigenvalue weighted by Gasteiger charge is -2.39.